The molecule has 3 rings (SSSR count). The van der Waals surface area contributed by atoms with Gasteiger partial charge in [0, 0.05) is 10.5 Å². The molecule has 0 unspecified atom stereocenters. The van der Waals surface area contributed by atoms with Crippen LogP contribution in [0.15, 0.2) is 68.8 Å². The third-order valence-electron chi connectivity index (χ3n) is 3.53. The lowest BCUT2D eigenvalue weighted by atomic mass is 10.2. The van der Waals surface area contributed by atoms with Gasteiger partial charge in [0.2, 0.25) is 5.89 Å². The van der Waals surface area contributed by atoms with Gasteiger partial charge in [-0.15, -0.1) is 16.9 Å². The number of rotatable bonds is 7. The summed E-state index contributed by atoms with van der Waals surface area (Å²) < 4.78 is 29.9. The Labute approximate surface area is 161 Å². The predicted octanol–water partition coefficient (Wildman–Crippen LogP) is 3.41. The highest BCUT2D eigenvalue weighted by molar-refractivity contribution is 7.99. The Balaban J connectivity index is 1.66. The summed E-state index contributed by atoms with van der Waals surface area (Å²) in [5.41, 5.74) is 0.437. The molecule has 1 N–H and O–H groups in total. The summed E-state index contributed by atoms with van der Waals surface area (Å²) in [4.78, 5) is 13.5. The Morgan fingerprint density at radius 2 is 1.78 bits per heavy atom. The summed E-state index contributed by atoms with van der Waals surface area (Å²) in [6, 6.07) is 15.0. The lowest BCUT2D eigenvalue weighted by molar-refractivity contribution is 0.102. The van der Waals surface area contributed by atoms with E-state index in [1.807, 2.05) is 12.1 Å². The van der Waals surface area contributed by atoms with Crippen molar-refractivity contribution in [3.63, 3.8) is 0 Å². The first kappa shape index (κ1) is 19.1. The second-order valence-corrected chi connectivity index (χ2v) is 8.81. The number of sulfone groups is 1. The van der Waals surface area contributed by atoms with Crippen molar-refractivity contribution < 1.29 is 17.6 Å². The second-order valence-electron chi connectivity index (χ2n) is 5.48. The van der Waals surface area contributed by atoms with E-state index in [1.54, 1.807) is 42.1 Å². The summed E-state index contributed by atoms with van der Waals surface area (Å²) in [5.74, 6) is -0.00149. The quantitative estimate of drug-likeness (QED) is 0.603. The molecule has 0 aliphatic rings. The van der Waals surface area contributed by atoms with E-state index in [4.69, 9.17) is 4.42 Å². The maximum absolute atomic E-state index is 12.3. The molecule has 9 heteroatoms. The molecule has 3 aromatic rings. The number of anilines is 1. The largest absolute Gasteiger partial charge is 0.407 e. The Kier molecular flexibility index (Phi) is 5.92. The van der Waals surface area contributed by atoms with Crippen LogP contribution in [-0.4, -0.2) is 30.3 Å². The number of hydrogen-bond donors (Lipinski definition) is 1. The number of aromatic nitrogens is 2. The minimum absolute atomic E-state index is 0.0937. The SMILES string of the molecule is CCSc1ccc(C(=O)Nc2nnc(CS(=O)(=O)c3ccccc3)o2)cc1. The summed E-state index contributed by atoms with van der Waals surface area (Å²) in [6.07, 6.45) is 0. The van der Waals surface area contributed by atoms with Gasteiger partial charge in [0.05, 0.1) is 4.90 Å². The highest BCUT2D eigenvalue weighted by Gasteiger charge is 2.20. The van der Waals surface area contributed by atoms with E-state index < -0.39 is 21.5 Å². The topological polar surface area (TPSA) is 102 Å². The van der Waals surface area contributed by atoms with Crippen LogP contribution in [0.2, 0.25) is 0 Å². The lowest BCUT2D eigenvalue weighted by Gasteiger charge is -2.02. The molecule has 0 aliphatic carbocycles. The summed E-state index contributed by atoms with van der Waals surface area (Å²) in [7, 11) is -3.60. The molecule has 0 spiro atoms. The van der Waals surface area contributed by atoms with Crippen molar-refractivity contribution >= 4 is 33.5 Å². The molecular formula is C18H17N3O4S2. The summed E-state index contributed by atoms with van der Waals surface area (Å²) >= 11 is 1.68. The smallest absolute Gasteiger partial charge is 0.322 e. The third-order valence-corrected chi connectivity index (χ3v) is 6.04. The fourth-order valence-electron chi connectivity index (χ4n) is 2.27. The number of carbonyl (C=O) groups excluding carboxylic acids is 1. The zero-order chi connectivity index (χ0) is 19.3. The van der Waals surface area contributed by atoms with Crippen molar-refractivity contribution in [3.05, 3.63) is 66.1 Å². The van der Waals surface area contributed by atoms with E-state index in [1.165, 1.54) is 12.1 Å². The summed E-state index contributed by atoms with van der Waals surface area (Å²) in [6.45, 7) is 2.05. The van der Waals surface area contributed by atoms with Crippen LogP contribution in [0.1, 0.15) is 23.2 Å². The molecule has 1 heterocycles. The zero-order valence-corrected chi connectivity index (χ0v) is 16.1. The Morgan fingerprint density at radius 3 is 2.44 bits per heavy atom. The molecule has 2 aromatic carbocycles. The molecule has 1 aromatic heterocycles. The van der Waals surface area contributed by atoms with Crippen LogP contribution in [0, 0.1) is 0 Å². The van der Waals surface area contributed by atoms with Crippen LogP contribution in [0.3, 0.4) is 0 Å². The average Bonchev–Trinajstić information content (AvgIpc) is 3.09. The van der Waals surface area contributed by atoms with Crippen molar-refractivity contribution in [2.75, 3.05) is 11.1 Å². The highest BCUT2D eigenvalue weighted by atomic mass is 32.2. The van der Waals surface area contributed by atoms with Gasteiger partial charge < -0.3 is 4.42 Å². The molecule has 1 amide bonds. The summed E-state index contributed by atoms with van der Waals surface area (Å²) in [5, 5.41) is 9.86. The molecule has 0 radical (unpaired) electrons. The number of benzene rings is 2. The van der Waals surface area contributed by atoms with Crippen molar-refractivity contribution in [2.24, 2.45) is 0 Å². The van der Waals surface area contributed by atoms with Gasteiger partial charge in [-0.25, -0.2) is 8.42 Å². The Morgan fingerprint density at radius 1 is 1.07 bits per heavy atom. The van der Waals surface area contributed by atoms with Gasteiger partial charge in [0.15, 0.2) is 9.84 Å². The second kappa shape index (κ2) is 8.36. The van der Waals surface area contributed by atoms with E-state index in [9.17, 15) is 13.2 Å². The minimum atomic E-state index is -3.60. The number of carbonyl (C=O) groups is 1. The molecule has 0 aliphatic heterocycles. The molecular weight excluding hydrogens is 386 g/mol. The van der Waals surface area contributed by atoms with Crippen molar-refractivity contribution in [1.82, 2.24) is 10.2 Å². The molecule has 0 saturated heterocycles. The van der Waals surface area contributed by atoms with Gasteiger partial charge in [-0.05, 0) is 42.2 Å². The average molecular weight is 403 g/mol. The number of nitrogens with one attached hydrogen (secondary N) is 1. The first-order chi connectivity index (χ1) is 13.0. The van der Waals surface area contributed by atoms with E-state index in [0.29, 0.717) is 5.56 Å². The first-order valence-corrected chi connectivity index (χ1v) is 10.8. The molecule has 27 heavy (non-hydrogen) atoms. The number of hydrogen-bond acceptors (Lipinski definition) is 7. The van der Waals surface area contributed by atoms with Gasteiger partial charge in [0.25, 0.3) is 5.91 Å². The molecule has 0 bridgehead atoms. The molecule has 0 saturated carbocycles. The van der Waals surface area contributed by atoms with Gasteiger partial charge in [-0.2, -0.15) is 0 Å². The lowest BCUT2D eigenvalue weighted by Crippen LogP contribution is -2.12. The van der Waals surface area contributed by atoms with E-state index in [-0.39, 0.29) is 16.8 Å². The zero-order valence-electron chi connectivity index (χ0n) is 14.5. The number of thioether (sulfide) groups is 1. The third kappa shape index (κ3) is 4.95. The molecule has 0 atom stereocenters. The van der Waals surface area contributed by atoms with Crippen LogP contribution in [0.4, 0.5) is 6.01 Å². The molecule has 140 valence electrons. The predicted molar refractivity (Wildman–Crippen MR) is 102 cm³/mol. The number of amides is 1. The fourth-order valence-corrected chi connectivity index (χ4v) is 4.12. The van der Waals surface area contributed by atoms with Crippen molar-refractivity contribution in [1.29, 1.82) is 0 Å². The van der Waals surface area contributed by atoms with Gasteiger partial charge in [0.1, 0.15) is 5.75 Å². The van der Waals surface area contributed by atoms with Gasteiger partial charge >= 0.3 is 6.01 Å². The van der Waals surface area contributed by atoms with E-state index >= 15 is 0 Å². The van der Waals surface area contributed by atoms with E-state index in [2.05, 4.69) is 22.4 Å². The molecule has 7 nitrogen and oxygen atoms in total. The Bertz CT molecular complexity index is 1020. The monoisotopic (exact) mass is 403 g/mol. The van der Waals surface area contributed by atoms with E-state index in [0.717, 1.165) is 10.6 Å². The fraction of sp³-hybridized carbons (Fsp3) is 0.167. The Hall–Kier alpha value is -2.65. The van der Waals surface area contributed by atoms with Crippen molar-refractivity contribution in [3.8, 4) is 0 Å². The standard InChI is InChI=1S/C18H17N3O4S2/c1-2-26-14-10-8-13(9-11-14)17(22)19-18-21-20-16(25-18)12-27(23,24)15-6-4-3-5-7-15/h3-11H,2,12H2,1H3,(H,19,21,22). The van der Waals surface area contributed by atoms with Gasteiger partial charge in [-0.3, -0.25) is 10.1 Å². The maximum Gasteiger partial charge on any atom is 0.322 e. The van der Waals surface area contributed by atoms with Crippen molar-refractivity contribution in [2.45, 2.75) is 22.5 Å². The maximum atomic E-state index is 12.3. The van der Waals surface area contributed by atoms with Gasteiger partial charge in [-0.1, -0.05) is 30.2 Å². The normalized spacial score (nSPS) is 11.3. The molecule has 0 fully saturated rings. The van der Waals surface area contributed by atoms with Crippen LogP contribution >= 0.6 is 11.8 Å². The van der Waals surface area contributed by atoms with Crippen LogP contribution in [0.5, 0.6) is 0 Å². The number of nitrogens with zero attached hydrogens (tertiary/aromatic N) is 2. The minimum Gasteiger partial charge on any atom is -0.407 e. The highest BCUT2D eigenvalue weighted by Crippen LogP contribution is 2.19. The van der Waals surface area contributed by atoms with Crippen LogP contribution in [-0.2, 0) is 15.6 Å². The van der Waals surface area contributed by atoms with Crippen LogP contribution < -0.4 is 5.32 Å². The van der Waals surface area contributed by atoms with Crippen LogP contribution in [0.25, 0.3) is 0 Å². The first-order valence-electron chi connectivity index (χ1n) is 8.12.